The number of rotatable bonds is 3. The zero-order valence-electron chi connectivity index (χ0n) is 13.6. The van der Waals surface area contributed by atoms with Crippen molar-refractivity contribution >= 4 is 17.2 Å². The molecule has 8 heteroatoms. The number of amides is 1. The molecule has 0 aliphatic carbocycles. The van der Waals surface area contributed by atoms with E-state index in [1.54, 1.807) is 16.0 Å². The summed E-state index contributed by atoms with van der Waals surface area (Å²) < 4.78 is 1.76. The standard InChI is InChI=1S/C16H18N6OS/c1-10-17-15(19-18-10)12-5-3-7-22(12)16(23)11-9-13(21(2)20-11)14-6-4-8-24-14/h4,6,8-9,12H,3,5,7H2,1-2H3,(H,17,18,19). The largest absolute Gasteiger partial charge is 0.327 e. The van der Waals surface area contributed by atoms with Crippen LogP contribution in [0.15, 0.2) is 23.6 Å². The van der Waals surface area contributed by atoms with E-state index in [1.807, 2.05) is 42.5 Å². The lowest BCUT2D eigenvalue weighted by Gasteiger charge is -2.21. The Morgan fingerprint density at radius 3 is 3.04 bits per heavy atom. The SMILES string of the molecule is Cc1nc(C2CCCN2C(=O)c2cc(-c3cccs3)n(C)n2)n[nH]1. The van der Waals surface area contributed by atoms with Gasteiger partial charge in [0.1, 0.15) is 5.82 Å². The molecule has 0 saturated carbocycles. The molecule has 1 aliphatic heterocycles. The van der Waals surface area contributed by atoms with Gasteiger partial charge in [-0.25, -0.2) is 4.98 Å². The van der Waals surface area contributed by atoms with Crippen LogP contribution in [-0.4, -0.2) is 42.3 Å². The molecule has 0 bridgehead atoms. The van der Waals surface area contributed by atoms with Gasteiger partial charge in [0.2, 0.25) is 0 Å². The summed E-state index contributed by atoms with van der Waals surface area (Å²) in [6, 6.07) is 5.82. The van der Waals surface area contributed by atoms with Gasteiger partial charge in [-0.3, -0.25) is 14.6 Å². The molecule has 3 aromatic heterocycles. The monoisotopic (exact) mass is 342 g/mol. The zero-order chi connectivity index (χ0) is 16.7. The Bertz CT molecular complexity index is 865. The summed E-state index contributed by atoms with van der Waals surface area (Å²) in [5.74, 6) is 1.40. The number of H-pyrrole nitrogens is 1. The molecule has 7 nitrogen and oxygen atoms in total. The van der Waals surface area contributed by atoms with E-state index >= 15 is 0 Å². The van der Waals surface area contributed by atoms with Crippen LogP contribution in [0.4, 0.5) is 0 Å². The minimum absolute atomic E-state index is 0.0571. The third-order valence-electron chi connectivity index (χ3n) is 4.30. The van der Waals surface area contributed by atoms with Gasteiger partial charge in [0.15, 0.2) is 11.5 Å². The molecular formula is C16H18N6OS. The van der Waals surface area contributed by atoms with Gasteiger partial charge >= 0.3 is 0 Å². The number of nitrogens with one attached hydrogen (secondary N) is 1. The Balaban J connectivity index is 1.62. The smallest absolute Gasteiger partial charge is 0.274 e. The van der Waals surface area contributed by atoms with Gasteiger partial charge in [0.25, 0.3) is 5.91 Å². The third-order valence-corrected chi connectivity index (χ3v) is 5.19. The maximum atomic E-state index is 13.0. The predicted molar refractivity (Wildman–Crippen MR) is 90.7 cm³/mol. The number of likely N-dealkylation sites (tertiary alicyclic amines) is 1. The topological polar surface area (TPSA) is 79.7 Å². The van der Waals surface area contributed by atoms with Crippen LogP contribution in [0, 0.1) is 6.92 Å². The van der Waals surface area contributed by atoms with Crippen LogP contribution in [0.5, 0.6) is 0 Å². The quantitative estimate of drug-likeness (QED) is 0.793. The second kappa shape index (κ2) is 5.86. The van der Waals surface area contributed by atoms with Gasteiger partial charge in [-0.2, -0.15) is 10.2 Å². The number of aromatic amines is 1. The van der Waals surface area contributed by atoms with Crippen molar-refractivity contribution in [2.75, 3.05) is 6.54 Å². The molecule has 1 aliphatic rings. The van der Waals surface area contributed by atoms with Crippen molar-refractivity contribution in [2.45, 2.75) is 25.8 Å². The second-order valence-corrected chi connectivity index (χ2v) is 6.90. The number of carbonyl (C=O) groups is 1. The van der Waals surface area contributed by atoms with Gasteiger partial charge in [-0.15, -0.1) is 11.3 Å². The van der Waals surface area contributed by atoms with Gasteiger partial charge in [-0.1, -0.05) is 6.07 Å². The maximum absolute atomic E-state index is 13.0. The van der Waals surface area contributed by atoms with Crippen LogP contribution in [0.1, 0.15) is 41.0 Å². The van der Waals surface area contributed by atoms with Gasteiger partial charge in [0.05, 0.1) is 16.6 Å². The summed E-state index contributed by atoms with van der Waals surface area (Å²) in [6.45, 7) is 2.58. The molecule has 1 N–H and O–H groups in total. The Labute approximate surface area is 143 Å². The van der Waals surface area contributed by atoms with E-state index in [0.717, 1.165) is 29.2 Å². The Kier molecular flexibility index (Phi) is 3.68. The molecule has 4 rings (SSSR count). The van der Waals surface area contributed by atoms with Crippen molar-refractivity contribution in [3.8, 4) is 10.6 Å². The highest BCUT2D eigenvalue weighted by molar-refractivity contribution is 7.13. The number of aromatic nitrogens is 5. The van der Waals surface area contributed by atoms with Crippen molar-refractivity contribution in [2.24, 2.45) is 7.05 Å². The molecule has 24 heavy (non-hydrogen) atoms. The van der Waals surface area contributed by atoms with Crippen LogP contribution >= 0.6 is 11.3 Å². The third kappa shape index (κ3) is 2.52. The molecule has 0 spiro atoms. The highest BCUT2D eigenvalue weighted by atomic mass is 32.1. The normalized spacial score (nSPS) is 17.6. The number of hydrogen-bond acceptors (Lipinski definition) is 5. The average Bonchev–Trinajstić information content (AvgIpc) is 3.33. The van der Waals surface area contributed by atoms with E-state index in [-0.39, 0.29) is 11.9 Å². The predicted octanol–water partition coefficient (Wildman–Crippen LogP) is 2.55. The molecule has 1 fully saturated rings. The fourth-order valence-corrected chi connectivity index (χ4v) is 3.93. The minimum Gasteiger partial charge on any atom is -0.327 e. The van der Waals surface area contributed by atoms with Crippen LogP contribution in [0.3, 0.4) is 0 Å². The van der Waals surface area contributed by atoms with E-state index < -0.39 is 0 Å². The summed E-state index contributed by atoms with van der Waals surface area (Å²) in [4.78, 5) is 20.3. The molecule has 4 heterocycles. The van der Waals surface area contributed by atoms with E-state index in [1.165, 1.54) is 0 Å². The average molecular weight is 342 g/mol. The van der Waals surface area contributed by atoms with E-state index in [9.17, 15) is 4.79 Å². The molecule has 1 unspecified atom stereocenters. The first-order valence-corrected chi connectivity index (χ1v) is 8.79. The Morgan fingerprint density at radius 2 is 2.33 bits per heavy atom. The van der Waals surface area contributed by atoms with Crippen LogP contribution in [0.25, 0.3) is 10.6 Å². The summed E-state index contributed by atoms with van der Waals surface area (Å²) in [5, 5.41) is 13.5. The molecule has 1 saturated heterocycles. The summed E-state index contributed by atoms with van der Waals surface area (Å²) >= 11 is 1.64. The number of thiophene rings is 1. The lowest BCUT2D eigenvalue weighted by Crippen LogP contribution is -2.31. The van der Waals surface area contributed by atoms with E-state index in [0.29, 0.717) is 18.1 Å². The first kappa shape index (κ1) is 15.1. The zero-order valence-corrected chi connectivity index (χ0v) is 14.4. The fourth-order valence-electron chi connectivity index (χ4n) is 3.16. The molecule has 124 valence electrons. The maximum Gasteiger partial charge on any atom is 0.274 e. The summed E-state index contributed by atoms with van der Waals surface area (Å²) in [7, 11) is 1.87. The van der Waals surface area contributed by atoms with Gasteiger partial charge in [0, 0.05) is 13.6 Å². The molecule has 0 radical (unpaired) electrons. The van der Waals surface area contributed by atoms with Crippen molar-refractivity contribution in [1.29, 1.82) is 0 Å². The number of carbonyl (C=O) groups excluding carboxylic acids is 1. The van der Waals surface area contributed by atoms with Gasteiger partial charge < -0.3 is 4.90 Å². The second-order valence-electron chi connectivity index (χ2n) is 5.95. The summed E-state index contributed by atoms with van der Waals surface area (Å²) in [6.07, 6.45) is 1.84. The first-order chi connectivity index (χ1) is 11.6. The highest BCUT2D eigenvalue weighted by Gasteiger charge is 2.34. The first-order valence-electron chi connectivity index (χ1n) is 7.91. The molecular weight excluding hydrogens is 324 g/mol. The van der Waals surface area contributed by atoms with Crippen molar-refractivity contribution in [1.82, 2.24) is 29.9 Å². The molecule has 0 aromatic carbocycles. The van der Waals surface area contributed by atoms with E-state index in [2.05, 4.69) is 20.3 Å². The van der Waals surface area contributed by atoms with E-state index in [4.69, 9.17) is 0 Å². The van der Waals surface area contributed by atoms with Crippen LogP contribution < -0.4 is 0 Å². The number of hydrogen-bond donors (Lipinski definition) is 1. The Morgan fingerprint density at radius 1 is 1.46 bits per heavy atom. The lowest BCUT2D eigenvalue weighted by atomic mass is 10.2. The van der Waals surface area contributed by atoms with Crippen LogP contribution in [-0.2, 0) is 7.05 Å². The summed E-state index contributed by atoms with van der Waals surface area (Å²) in [5.41, 5.74) is 1.43. The Hall–Kier alpha value is -2.48. The van der Waals surface area contributed by atoms with Crippen molar-refractivity contribution in [3.05, 3.63) is 40.9 Å². The van der Waals surface area contributed by atoms with Crippen molar-refractivity contribution in [3.63, 3.8) is 0 Å². The minimum atomic E-state index is -0.0744. The number of aryl methyl sites for hydroxylation is 2. The lowest BCUT2D eigenvalue weighted by molar-refractivity contribution is 0.0723. The molecule has 1 amide bonds. The highest BCUT2D eigenvalue weighted by Crippen LogP contribution is 2.32. The number of nitrogens with zero attached hydrogens (tertiary/aromatic N) is 5. The van der Waals surface area contributed by atoms with Gasteiger partial charge in [-0.05, 0) is 37.3 Å². The fraction of sp³-hybridized carbons (Fsp3) is 0.375. The van der Waals surface area contributed by atoms with Crippen LogP contribution in [0.2, 0.25) is 0 Å². The molecule has 3 aromatic rings. The van der Waals surface area contributed by atoms with Crippen molar-refractivity contribution < 1.29 is 4.79 Å². The molecule has 1 atom stereocenters.